The molecule has 0 radical (unpaired) electrons. The highest BCUT2D eigenvalue weighted by atomic mass is 35.5. The van der Waals surface area contributed by atoms with Crippen LogP contribution >= 0.6 is 11.6 Å². The third kappa shape index (κ3) is 6.27. The van der Waals surface area contributed by atoms with Gasteiger partial charge in [0.15, 0.2) is 6.61 Å². The molecule has 0 saturated heterocycles. The fraction of sp³-hybridized carbons (Fsp3) is 0.167. The number of ether oxygens (including phenoxy) is 2. The van der Waals surface area contributed by atoms with Gasteiger partial charge in [-0.25, -0.2) is 10.2 Å². The van der Waals surface area contributed by atoms with Crippen molar-refractivity contribution in [3.63, 3.8) is 0 Å². The van der Waals surface area contributed by atoms with E-state index in [4.69, 9.17) is 21.1 Å². The molecular formula is C18H17ClN2O4. The molecule has 0 aliphatic heterocycles. The van der Waals surface area contributed by atoms with Gasteiger partial charge in [0.05, 0.1) is 18.4 Å². The minimum absolute atomic E-state index is 0.203. The van der Waals surface area contributed by atoms with Crippen LogP contribution in [0.3, 0.4) is 0 Å². The standard InChI is InChI=1S/C18H17ClN2O4/c1-2-24-18(23)14-6-8-16(9-7-14)25-12-17(22)21-20-11-13-4-3-5-15(19)10-13/h3-11H,2,12H2,1H3,(H,21,22). The van der Waals surface area contributed by atoms with Gasteiger partial charge >= 0.3 is 5.97 Å². The fourth-order valence-electron chi connectivity index (χ4n) is 1.85. The first-order chi connectivity index (χ1) is 12.1. The SMILES string of the molecule is CCOC(=O)c1ccc(OCC(=O)NN=Cc2cccc(Cl)c2)cc1. The van der Waals surface area contributed by atoms with Crippen molar-refractivity contribution < 1.29 is 19.1 Å². The zero-order valence-corrected chi connectivity index (χ0v) is 14.3. The minimum Gasteiger partial charge on any atom is -0.484 e. The summed E-state index contributed by atoms with van der Waals surface area (Å²) in [5.41, 5.74) is 3.54. The van der Waals surface area contributed by atoms with Gasteiger partial charge in [0.2, 0.25) is 0 Å². The monoisotopic (exact) mass is 360 g/mol. The zero-order chi connectivity index (χ0) is 18.1. The molecule has 0 saturated carbocycles. The quantitative estimate of drug-likeness (QED) is 0.467. The van der Waals surface area contributed by atoms with E-state index in [2.05, 4.69) is 10.5 Å². The van der Waals surface area contributed by atoms with Crippen molar-refractivity contribution in [3.05, 3.63) is 64.7 Å². The molecule has 0 aliphatic rings. The molecule has 25 heavy (non-hydrogen) atoms. The van der Waals surface area contributed by atoms with Crippen LogP contribution in [0.2, 0.25) is 5.02 Å². The van der Waals surface area contributed by atoms with Crippen LogP contribution in [0.1, 0.15) is 22.8 Å². The molecule has 7 heteroatoms. The van der Waals surface area contributed by atoms with Gasteiger partial charge in [-0.2, -0.15) is 5.10 Å². The molecule has 1 amide bonds. The number of nitrogens with zero attached hydrogens (tertiary/aromatic N) is 1. The molecule has 1 N–H and O–H groups in total. The number of rotatable bonds is 7. The number of carbonyl (C=O) groups excluding carboxylic acids is 2. The molecule has 0 atom stereocenters. The molecule has 0 aliphatic carbocycles. The van der Waals surface area contributed by atoms with Crippen molar-refractivity contribution >= 4 is 29.7 Å². The lowest BCUT2D eigenvalue weighted by atomic mass is 10.2. The number of nitrogens with one attached hydrogen (secondary N) is 1. The molecule has 0 aromatic heterocycles. The molecule has 6 nitrogen and oxygen atoms in total. The molecule has 130 valence electrons. The summed E-state index contributed by atoms with van der Waals surface area (Å²) in [6.07, 6.45) is 1.48. The third-order valence-electron chi connectivity index (χ3n) is 2.99. The van der Waals surface area contributed by atoms with E-state index in [9.17, 15) is 9.59 Å². The molecule has 2 aromatic carbocycles. The molecule has 0 heterocycles. The van der Waals surface area contributed by atoms with Gasteiger partial charge in [-0.15, -0.1) is 0 Å². The molecule has 0 fully saturated rings. The highest BCUT2D eigenvalue weighted by molar-refractivity contribution is 6.30. The Morgan fingerprint density at radius 1 is 1.20 bits per heavy atom. The zero-order valence-electron chi connectivity index (χ0n) is 13.6. The van der Waals surface area contributed by atoms with E-state index in [1.165, 1.54) is 6.21 Å². The summed E-state index contributed by atoms with van der Waals surface area (Å²) < 4.78 is 10.2. The van der Waals surface area contributed by atoms with Crippen LogP contribution in [0.4, 0.5) is 0 Å². The van der Waals surface area contributed by atoms with E-state index < -0.39 is 11.9 Å². The summed E-state index contributed by atoms with van der Waals surface area (Å²) in [6.45, 7) is 1.85. The van der Waals surface area contributed by atoms with E-state index in [0.29, 0.717) is 22.9 Å². The summed E-state index contributed by atoms with van der Waals surface area (Å²) in [6, 6.07) is 13.4. The number of halogens is 1. The highest BCUT2D eigenvalue weighted by Gasteiger charge is 2.07. The van der Waals surface area contributed by atoms with Crippen LogP contribution in [0.5, 0.6) is 5.75 Å². The van der Waals surface area contributed by atoms with Crippen molar-refractivity contribution in [2.24, 2.45) is 5.10 Å². The van der Waals surface area contributed by atoms with Crippen molar-refractivity contribution in [3.8, 4) is 5.75 Å². The topological polar surface area (TPSA) is 77.0 Å². The second-order valence-corrected chi connectivity index (χ2v) is 5.32. The molecule has 2 aromatic rings. The Morgan fingerprint density at radius 2 is 1.96 bits per heavy atom. The maximum Gasteiger partial charge on any atom is 0.338 e. The van der Waals surface area contributed by atoms with Gasteiger partial charge in [0.1, 0.15) is 5.75 Å². The van der Waals surface area contributed by atoms with Crippen LogP contribution in [-0.2, 0) is 9.53 Å². The van der Waals surface area contributed by atoms with Crippen molar-refractivity contribution in [1.29, 1.82) is 0 Å². The van der Waals surface area contributed by atoms with Crippen molar-refractivity contribution in [2.45, 2.75) is 6.92 Å². The summed E-state index contributed by atoms with van der Waals surface area (Å²) in [4.78, 5) is 23.2. The van der Waals surface area contributed by atoms with E-state index in [-0.39, 0.29) is 6.61 Å². The lowest BCUT2D eigenvalue weighted by Crippen LogP contribution is -2.24. The lowest BCUT2D eigenvalue weighted by molar-refractivity contribution is -0.123. The smallest absolute Gasteiger partial charge is 0.338 e. The third-order valence-corrected chi connectivity index (χ3v) is 3.22. The van der Waals surface area contributed by atoms with Crippen molar-refractivity contribution in [1.82, 2.24) is 5.43 Å². The maximum atomic E-state index is 11.7. The average Bonchev–Trinajstić information content (AvgIpc) is 2.61. The summed E-state index contributed by atoms with van der Waals surface area (Å²) >= 11 is 5.85. The van der Waals surface area contributed by atoms with E-state index in [1.807, 2.05) is 6.07 Å². The van der Waals surface area contributed by atoms with Gasteiger partial charge in [-0.05, 0) is 48.9 Å². The molecule has 2 rings (SSSR count). The first-order valence-electron chi connectivity index (χ1n) is 7.56. The van der Waals surface area contributed by atoms with Crippen LogP contribution < -0.4 is 10.2 Å². The van der Waals surface area contributed by atoms with Crippen LogP contribution in [0.25, 0.3) is 0 Å². The first kappa shape index (κ1) is 18.5. The van der Waals surface area contributed by atoms with Gasteiger partial charge in [0, 0.05) is 5.02 Å². The Morgan fingerprint density at radius 3 is 2.64 bits per heavy atom. The number of carbonyl (C=O) groups is 2. The normalized spacial score (nSPS) is 10.5. The number of esters is 1. The Bertz CT molecular complexity index is 760. The van der Waals surface area contributed by atoms with E-state index >= 15 is 0 Å². The average molecular weight is 361 g/mol. The number of hydrazone groups is 1. The fourth-order valence-corrected chi connectivity index (χ4v) is 2.05. The Labute approximate surface area is 150 Å². The second-order valence-electron chi connectivity index (χ2n) is 4.88. The van der Waals surface area contributed by atoms with Gasteiger partial charge in [-0.3, -0.25) is 4.79 Å². The second kappa shape index (κ2) is 9.44. The molecule has 0 spiro atoms. The van der Waals surface area contributed by atoms with Crippen LogP contribution in [0.15, 0.2) is 53.6 Å². The number of benzene rings is 2. The van der Waals surface area contributed by atoms with Gasteiger partial charge in [0.25, 0.3) is 5.91 Å². The van der Waals surface area contributed by atoms with Gasteiger partial charge in [-0.1, -0.05) is 23.7 Å². The van der Waals surface area contributed by atoms with Crippen molar-refractivity contribution in [2.75, 3.05) is 13.2 Å². The lowest BCUT2D eigenvalue weighted by Gasteiger charge is -2.06. The maximum absolute atomic E-state index is 11.7. The number of hydrogen-bond acceptors (Lipinski definition) is 5. The molecular weight excluding hydrogens is 344 g/mol. The molecule has 0 unspecified atom stereocenters. The predicted molar refractivity (Wildman–Crippen MR) is 95.1 cm³/mol. The number of amides is 1. The first-order valence-corrected chi connectivity index (χ1v) is 7.93. The summed E-state index contributed by atoms with van der Waals surface area (Å²) in [5.74, 6) is -0.350. The Hall–Kier alpha value is -2.86. The Balaban J connectivity index is 1.78. The van der Waals surface area contributed by atoms with Gasteiger partial charge < -0.3 is 9.47 Å². The highest BCUT2D eigenvalue weighted by Crippen LogP contribution is 2.13. The summed E-state index contributed by atoms with van der Waals surface area (Å²) in [5, 5.41) is 4.42. The number of hydrogen-bond donors (Lipinski definition) is 1. The van der Waals surface area contributed by atoms with Crippen LogP contribution in [-0.4, -0.2) is 31.3 Å². The van der Waals surface area contributed by atoms with E-state index in [1.54, 1.807) is 49.4 Å². The Kier molecular flexibility index (Phi) is 6.98. The minimum atomic E-state index is -0.409. The largest absolute Gasteiger partial charge is 0.484 e. The summed E-state index contributed by atoms with van der Waals surface area (Å²) in [7, 11) is 0. The molecule has 0 bridgehead atoms. The van der Waals surface area contributed by atoms with E-state index in [0.717, 1.165) is 5.56 Å². The van der Waals surface area contributed by atoms with Crippen LogP contribution in [0, 0.1) is 0 Å². The predicted octanol–water partition coefficient (Wildman–Crippen LogP) is 3.05.